The van der Waals surface area contributed by atoms with E-state index in [0.29, 0.717) is 21.7 Å². The van der Waals surface area contributed by atoms with Crippen molar-refractivity contribution in [1.29, 1.82) is 0 Å². The highest BCUT2D eigenvalue weighted by molar-refractivity contribution is 7.18. The van der Waals surface area contributed by atoms with Crippen molar-refractivity contribution >= 4 is 27.4 Å². The molecule has 1 spiro atoms. The molecule has 35 heavy (non-hydrogen) atoms. The summed E-state index contributed by atoms with van der Waals surface area (Å²) in [7, 11) is 1.97. The molecule has 3 fully saturated rings. The van der Waals surface area contributed by atoms with Crippen LogP contribution in [-0.2, 0) is 13.5 Å². The lowest BCUT2D eigenvalue weighted by Crippen LogP contribution is -2.59. The molecule has 7 nitrogen and oxygen atoms in total. The first kappa shape index (κ1) is 23.2. The third-order valence-corrected chi connectivity index (χ3v) is 8.88. The topological polar surface area (TPSA) is 62.1 Å². The maximum absolute atomic E-state index is 12.9. The van der Waals surface area contributed by atoms with E-state index >= 15 is 0 Å². The fraction of sp³-hybridized carbons (Fsp3) is 0.625. The molecule has 0 bridgehead atoms. The van der Waals surface area contributed by atoms with Gasteiger partial charge in [0, 0.05) is 61.3 Å². The van der Waals surface area contributed by atoms with Crippen LogP contribution in [0, 0.1) is 11.3 Å². The second kappa shape index (κ2) is 8.70. The maximum atomic E-state index is 12.9. The number of likely N-dealkylation sites (tertiary alicyclic amines) is 1. The Morgan fingerprint density at radius 3 is 2.71 bits per heavy atom. The lowest BCUT2D eigenvalue weighted by Gasteiger charge is -2.53. The Hall–Kier alpha value is -2.24. The second-order valence-electron chi connectivity index (χ2n) is 10.5. The van der Waals surface area contributed by atoms with Gasteiger partial charge in [-0.2, -0.15) is 18.3 Å². The van der Waals surface area contributed by atoms with E-state index in [4.69, 9.17) is 0 Å². The molecule has 3 aromatic rings. The minimum atomic E-state index is -4.22. The first-order valence-corrected chi connectivity index (χ1v) is 13.1. The molecule has 11 heteroatoms. The number of thiophene rings is 1. The van der Waals surface area contributed by atoms with E-state index in [1.165, 1.54) is 24.7 Å². The maximum Gasteiger partial charge on any atom is 0.393 e. The van der Waals surface area contributed by atoms with Crippen molar-refractivity contribution in [3.05, 3.63) is 35.2 Å². The number of piperidine rings is 1. The van der Waals surface area contributed by atoms with Gasteiger partial charge >= 0.3 is 6.18 Å². The molecule has 0 saturated carbocycles. The minimum absolute atomic E-state index is 0.204. The standard InChI is InChI=1S/C24H30F3N7S/c1-32-11-17(10-31-32)20(16-2-5-28-6-3-16)34-13-23(14-34)4-7-33(12-23)21-19-8-18(9-24(25,26)27)35-22(19)30-15-29-21/h8,10-11,15-16,20,28H,2-7,9,12-14H2,1H3. The van der Waals surface area contributed by atoms with Crippen LogP contribution in [0.4, 0.5) is 19.0 Å². The molecular formula is C24H30F3N7S. The van der Waals surface area contributed by atoms with Gasteiger partial charge in [-0.15, -0.1) is 11.3 Å². The van der Waals surface area contributed by atoms with E-state index in [1.54, 1.807) is 6.07 Å². The Morgan fingerprint density at radius 2 is 2.00 bits per heavy atom. The van der Waals surface area contributed by atoms with Crippen LogP contribution in [0.3, 0.4) is 0 Å². The number of fused-ring (bicyclic) bond motifs is 1. The van der Waals surface area contributed by atoms with Gasteiger partial charge in [0.25, 0.3) is 0 Å². The molecule has 0 amide bonds. The largest absolute Gasteiger partial charge is 0.393 e. The average molecular weight is 506 g/mol. The normalized spacial score (nSPS) is 22.2. The number of hydrogen-bond donors (Lipinski definition) is 1. The monoisotopic (exact) mass is 505 g/mol. The summed E-state index contributed by atoms with van der Waals surface area (Å²) in [6.07, 6.45) is 3.94. The predicted molar refractivity (Wildman–Crippen MR) is 130 cm³/mol. The van der Waals surface area contributed by atoms with Crippen LogP contribution in [0.5, 0.6) is 0 Å². The first-order valence-electron chi connectivity index (χ1n) is 12.3. The summed E-state index contributed by atoms with van der Waals surface area (Å²) < 4.78 is 40.7. The average Bonchev–Trinajstić information content (AvgIpc) is 3.51. The Bertz CT molecular complexity index is 1190. The van der Waals surface area contributed by atoms with Crippen molar-refractivity contribution in [1.82, 2.24) is 30.0 Å². The predicted octanol–water partition coefficient (Wildman–Crippen LogP) is 3.78. The highest BCUT2D eigenvalue weighted by atomic mass is 32.1. The number of anilines is 1. The van der Waals surface area contributed by atoms with E-state index in [2.05, 4.69) is 36.4 Å². The molecule has 3 saturated heterocycles. The number of halogens is 3. The van der Waals surface area contributed by atoms with Gasteiger partial charge < -0.3 is 10.2 Å². The number of nitrogens with one attached hydrogen (secondary N) is 1. The van der Waals surface area contributed by atoms with Crippen LogP contribution in [0.2, 0.25) is 0 Å². The van der Waals surface area contributed by atoms with Crippen LogP contribution in [-0.4, -0.2) is 70.1 Å². The third kappa shape index (κ3) is 4.53. The zero-order chi connectivity index (χ0) is 24.2. The molecule has 0 radical (unpaired) electrons. The SMILES string of the molecule is Cn1cc(C(C2CCNCC2)N2CC3(CCN(c4ncnc5sc(CC(F)(F)F)cc45)C3)C2)cn1. The van der Waals surface area contributed by atoms with Crippen molar-refractivity contribution < 1.29 is 13.2 Å². The van der Waals surface area contributed by atoms with Crippen LogP contribution >= 0.6 is 11.3 Å². The minimum Gasteiger partial charge on any atom is -0.355 e. The first-order chi connectivity index (χ1) is 16.8. The Kier molecular flexibility index (Phi) is 5.76. The lowest BCUT2D eigenvalue weighted by atomic mass is 9.75. The number of alkyl halides is 3. The van der Waals surface area contributed by atoms with Gasteiger partial charge in [0.05, 0.1) is 18.0 Å². The van der Waals surface area contributed by atoms with Gasteiger partial charge in [-0.1, -0.05) is 0 Å². The Labute approximate surface area is 206 Å². The Morgan fingerprint density at radius 1 is 1.20 bits per heavy atom. The molecule has 1 unspecified atom stereocenters. The van der Waals surface area contributed by atoms with Crippen molar-refractivity contribution in [2.45, 2.75) is 37.9 Å². The molecule has 1 N–H and O–H groups in total. The summed E-state index contributed by atoms with van der Waals surface area (Å²) in [6, 6.07) is 2.02. The van der Waals surface area contributed by atoms with Crippen molar-refractivity contribution in [2.75, 3.05) is 44.2 Å². The molecule has 188 valence electrons. The molecule has 6 rings (SSSR count). The number of aromatic nitrogens is 4. The molecule has 3 aliphatic rings. The van der Waals surface area contributed by atoms with Gasteiger partial charge in [0.15, 0.2) is 0 Å². The number of nitrogens with zero attached hydrogens (tertiary/aromatic N) is 6. The molecular weight excluding hydrogens is 475 g/mol. The fourth-order valence-corrected chi connectivity index (χ4v) is 7.37. The summed E-state index contributed by atoms with van der Waals surface area (Å²) in [5.74, 6) is 1.40. The van der Waals surface area contributed by atoms with Gasteiger partial charge in [0.2, 0.25) is 0 Å². The van der Waals surface area contributed by atoms with Gasteiger partial charge in [0.1, 0.15) is 17.0 Å². The molecule has 6 heterocycles. The summed E-state index contributed by atoms with van der Waals surface area (Å²) in [5.41, 5.74) is 1.51. The molecule has 0 aromatic carbocycles. The number of hydrogen-bond acceptors (Lipinski definition) is 7. The smallest absolute Gasteiger partial charge is 0.355 e. The zero-order valence-electron chi connectivity index (χ0n) is 19.8. The van der Waals surface area contributed by atoms with Crippen molar-refractivity contribution in [3.8, 4) is 0 Å². The van der Waals surface area contributed by atoms with E-state index in [1.807, 2.05) is 17.9 Å². The summed E-state index contributed by atoms with van der Waals surface area (Å²) in [4.78, 5) is 14.6. The second-order valence-corrected chi connectivity index (χ2v) is 11.6. The van der Waals surface area contributed by atoms with Crippen LogP contribution in [0.25, 0.3) is 10.2 Å². The molecule has 1 atom stereocenters. The summed E-state index contributed by atoms with van der Waals surface area (Å²) >= 11 is 1.12. The van der Waals surface area contributed by atoms with Gasteiger partial charge in [-0.25, -0.2) is 9.97 Å². The number of aryl methyl sites for hydroxylation is 1. The number of rotatable bonds is 5. The third-order valence-electron chi connectivity index (χ3n) is 7.84. The van der Waals surface area contributed by atoms with Crippen molar-refractivity contribution in [3.63, 3.8) is 0 Å². The highest BCUT2D eigenvalue weighted by Crippen LogP contribution is 2.48. The van der Waals surface area contributed by atoms with E-state index in [0.717, 1.165) is 68.2 Å². The van der Waals surface area contributed by atoms with Gasteiger partial charge in [-0.3, -0.25) is 9.58 Å². The van der Waals surface area contributed by atoms with E-state index in [-0.39, 0.29) is 5.41 Å². The summed E-state index contributed by atoms with van der Waals surface area (Å²) in [5, 5.41) is 8.68. The molecule has 3 aromatic heterocycles. The van der Waals surface area contributed by atoms with Gasteiger partial charge in [-0.05, 0) is 44.3 Å². The molecule has 0 aliphatic carbocycles. The van der Waals surface area contributed by atoms with E-state index < -0.39 is 12.6 Å². The quantitative estimate of drug-likeness (QED) is 0.570. The highest BCUT2D eigenvalue weighted by Gasteiger charge is 2.51. The van der Waals surface area contributed by atoms with Crippen LogP contribution < -0.4 is 10.2 Å². The van der Waals surface area contributed by atoms with E-state index in [9.17, 15) is 13.2 Å². The van der Waals surface area contributed by atoms with Crippen molar-refractivity contribution in [2.24, 2.45) is 18.4 Å². The Balaban J connectivity index is 1.19. The fourth-order valence-electron chi connectivity index (χ4n) is 6.35. The van der Waals surface area contributed by atoms with Crippen LogP contribution in [0.15, 0.2) is 24.8 Å². The zero-order valence-corrected chi connectivity index (χ0v) is 20.6. The lowest BCUT2D eigenvalue weighted by molar-refractivity contribution is -0.126. The van der Waals surface area contributed by atoms with Crippen LogP contribution in [0.1, 0.15) is 35.7 Å². The summed E-state index contributed by atoms with van der Waals surface area (Å²) in [6.45, 7) is 5.94. The molecule has 3 aliphatic heterocycles.